The average molecular weight is 455 g/mol. The van der Waals surface area contributed by atoms with Gasteiger partial charge in [-0.05, 0) is 0 Å². The predicted octanol–water partition coefficient (Wildman–Crippen LogP) is -2.04. The van der Waals surface area contributed by atoms with Crippen LogP contribution in [0.1, 0.15) is 0 Å². The molecule has 0 spiro atoms. The van der Waals surface area contributed by atoms with Gasteiger partial charge < -0.3 is 48.9 Å². The molecule has 0 aliphatic rings. The van der Waals surface area contributed by atoms with Crippen molar-refractivity contribution in [3.8, 4) is 0 Å². The minimum atomic E-state index is -0.518. The van der Waals surface area contributed by atoms with E-state index in [4.69, 9.17) is 38.3 Å². The minimum absolute atomic E-state index is 0.0122. The van der Waals surface area contributed by atoms with Crippen LogP contribution in [0.2, 0.25) is 0 Å². The third-order valence-electron chi connectivity index (χ3n) is 3.43. The van der Waals surface area contributed by atoms with E-state index < -0.39 is 12.5 Å². The van der Waals surface area contributed by atoms with Gasteiger partial charge in [-0.3, -0.25) is 9.59 Å². The summed E-state index contributed by atoms with van der Waals surface area (Å²) in [5, 5.41) is 13.7. The van der Waals surface area contributed by atoms with E-state index in [1.54, 1.807) is 7.11 Å². The monoisotopic (exact) mass is 454 g/mol. The smallest absolute Gasteiger partial charge is 0.246 e. The Balaban J connectivity index is 3.11. The zero-order valence-corrected chi connectivity index (χ0v) is 18.4. The molecule has 0 unspecified atom stereocenters. The molecule has 0 saturated carbocycles. The third-order valence-corrected chi connectivity index (χ3v) is 3.43. The molecule has 0 aromatic rings. The van der Waals surface area contributed by atoms with Gasteiger partial charge in [-0.15, -0.1) is 0 Å². The van der Waals surface area contributed by atoms with Gasteiger partial charge in [-0.2, -0.15) is 0 Å². The second kappa shape index (κ2) is 24.9. The lowest BCUT2D eigenvalue weighted by molar-refractivity contribution is -0.126. The van der Waals surface area contributed by atoms with E-state index in [9.17, 15) is 9.59 Å². The van der Waals surface area contributed by atoms with E-state index >= 15 is 0 Å². The number of hydrogen-bond donors (Lipinski definition) is 3. The quantitative estimate of drug-likeness (QED) is 0.140. The number of nitrogens with one attached hydrogen (secondary N) is 2. The van der Waals surface area contributed by atoms with Crippen molar-refractivity contribution in [2.45, 2.75) is 0 Å². The summed E-state index contributed by atoms with van der Waals surface area (Å²) in [4.78, 5) is 22.2. The van der Waals surface area contributed by atoms with Crippen LogP contribution in [0.4, 0.5) is 0 Å². The maximum absolute atomic E-state index is 11.4. The first-order chi connectivity index (χ1) is 15.2. The number of amides is 2. The lowest BCUT2D eigenvalue weighted by Crippen LogP contribution is -2.31. The Labute approximate surface area is 183 Å². The van der Waals surface area contributed by atoms with Crippen molar-refractivity contribution in [3.63, 3.8) is 0 Å². The normalized spacial score (nSPS) is 10.9. The fourth-order valence-electron chi connectivity index (χ4n) is 1.92. The minimum Gasteiger partial charge on any atom is -0.387 e. The zero-order chi connectivity index (χ0) is 22.8. The number of aliphatic hydroxyl groups excluding tert-OH is 1. The maximum atomic E-state index is 11.4. The summed E-state index contributed by atoms with van der Waals surface area (Å²) in [6.07, 6.45) is 0. The van der Waals surface area contributed by atoms with Crippen molar-refractivity contribution in [1.29, 1.82) is 0 Å². The molecule has 12 heteroatoms. The number of carbonyl (C=O) groups is 2. The Bertz CT molecular complexity index is 415. The van der Waals surface area contributed by atoms with Gasteiger partial charge in [0.05, 0.1) is 79.3 Å². The van der Waals surface area contributed by atoms with Gasteiger partial charge in [0.1, 0.15) is 13.2 Å². The number of ether oxygens (including phenoxy) is 7. The molecule has 0 atom stereocenters. The molecule has 0 rings (SSSR count). The first kappa shape index (κ1) is 29.6. The number of aliphatic hydroxyl groups is 1. The van der Waals surface area contributed by atoms with Gasteiger partial charge in [0.15, 0.2) is 0 Å². The maximum Gasteiger partial charge on any atom is 0.246 e. The highest BCUT2D eigenvalue weighted by Crippen LogP contribution is 1.84. The highest BCUT2D eigenvalue weighted by molar-refractivity contribution is 5.77. The van der Waals surface area contributed by atoms with Crippen molar-refractivity contribution >= 4 is 11.8 Å². The second-order valence-electron chi connectivity index (χ2n) is 5.97. The highest BCUT2D eigenvalue weighted by atomic mass is 16.6. The predicted molar refractivity (Wildman–Crippen MR) is 110 cm³/mol. The SMILES string of the molecule is COCCOCC(=O)NCCOCCOCCOCCOCCOCCNC(=O)CO. The standard InChI is InChI=1S/C19H38N2O10/c1-25-6-7-31-17-19(24)21-3-5-27-9-11-29-13-15-30-14-12-28-10-8-26-4-2-20-18(23)16-22/h22H,2-17H2,1H3,(H,20,23)(H,21,24). The van der Waals surface area contributed by atoms with Crippen molar-refractivity contribution in [2.75, 3.05) is 113 Å². The summed E-state index contributed by atoms with van der Waals surface area (Å²) in [6, 6.07) is 0. The van der Waals surface area contributed by atoms with E-state index in [0.29, 0.717) is 92.4 Å². The number of hydrogen-bond acceptors (Lipinski definition) is 10. The van der Waals surface area contributed by atoms with Crippen molar-refractivity contribution < 1.29 is 47.9 Å². The van der Waals surface area contributed by atoms with Crippen molar-refractivity contribution in [3.05, 3.63) is 0 Å². The molecular formula is C19H38N2O10. The highest BCUT2D eigenvalue weighted by Gasteiger charge is 2.00. The Kier molecular flexibility index (Phi) is 23.8. The Hall–Kier alpha value is -1.38. The Morgan fingerprint density at radius 1 is 0.581 bits per heavy atom. The van der Waals surface area contributed by atoms with Crippen LogP contribution in [-0.2, 0) is 42.7 Å². The number of rotatable bonds is 24. The molecule has 0 bridgehead atoms. The molecule has 2 amide bonds. The average Bonchev–Trinajstić information content (AvgIpc) is 2.78. The first-order valence-corrected chi connectivity index (χ1v) is 10.3. The van der Waals surface area contributed by atoms with Gasteiger partial charge in [0, 0.05) is 20.2 Å². The van der Waals surface area contributed by atoms with Crippen LogP contribution in [0.15, 0.2) is 0 Å². The van der Waals surface area contributed by atoms with Crippen LogP contribution in [0.25, 0.3) is 0 Å². The Morgan fingerprint density at radius 2 is 0.968 bits per heavy atom. The van der Waals surface area contributed by atoms with E-state index in [-0.39, 0.29) is 12.5 Å². The molecule has 0 aromatic carbocycles. The summed E-state index contributed by atoms with van der Waals surface area (Å²) in [5.74, 6) is -0.608. The largest absolute Gasteiger partial charge is 0.387 e. The summed E-state index contributed by atoms with van der Waals surface area (Å²) < 4.78 is 36.6. The van der Waals surface area contributed by atoms with Crippen LogP contribution in [0.3, 0.4) is 0 Å². The lowest BCUT2D eigenvalue weighted by atomic mass is 10.6. The van der Waals surface area contributed by atoms with Crippen LogP contribution >= 0.6 is 0 Å². The molecule has 0 aliphatic carbocycles. The molecule has 0 radical (unpaired) electrons. The topological polar surface area (TPSA) is 143 Å². The molecule has 12 nitrogen and oxygen atoms in total. The molecule has 0 aliphatic heterocycles. The molecule has 31 heavy (non-hydrogen) atoms. The summed E-state index contributed by atoms with van der Waals surface area (Å²) in [6.45, 7) is 5.47. The molecule has 0 fully saturated rings. The van der Waals surface area contributed by atoms with E-state index in [1.165, 1.54) is 0 Å². The summed E-state index contributed by atoms with van der Waals surface area (Å²) in [5.41, 5.74) is 0. The summed E-state index contributed by atoms with van der Waals surface area (Å²) in [7, 11) is 1.57. The third kappa shape index (κ3) is 24.8. The van der Waals surface area contributed by atoms with Crippen LogP contribution in [-0.4, -0.2) is 130 Å². The summed E-state index contributed by atoms with van der Waals surface area (Å²) >= 11 is 0. The molecule has 0 aromatic heterocycles. The number of carbonyl (C=O) groups excluding carboxylic acids is 2. The van der Waals surface area contributed by atoms with Crippen LogP contribution < -0.4 is 10.6 Å². The fraction of sp³-hybridized carbons (Fsp3) is 0.895. The molecule has 184 valence electrons. The fourth-order valence-corrected chi connectivity index (χ4v) is 1.92. The van der Waals surface area contributed by atoms with Gasteiger partial charge >= 0.3 is 0 Å². The van der Waals surface area contributed by atoms with Gasteiger partial charge in [0.2, 0.25) is 11.8 Å². The Morgan fingerprint density at radius 3 is 1.39 bits per heavy atom. The van der Waals surface area contributed by atoms with Gasteiger partial charge in [-0.25, -0.2) is 0 Å². The molecular weight excluding hydrogens is 416 g/mol. The number of methoxy groups -OCH3 is 1. The van der Waals surface area contributed by atoms with Gasteiger partial charge in [-0.1, -0.05) is 0 Å². The molecule has 3 N–H and O–H groups in total. The molecule has 0 saturated heterocycles. The van der Waals surface area contributed by atoms with E-state index in [2.05, 4.69) is 10.6 Å². The van der Waals surface area contributed by atoms with Crippen molar-refractivity contribution in [2.24, 2.45) is 0 Å². The van der Waals surface area contributed by atoms with E-state index in [1.807, 2.05) is 0 Å². The lowest BCUT2D eigenvalue weighted by Gasteiger charge is -2.09. The zero-order valence-electron chi connectivity index (χ0n) is 18.4. The molecule has 0 heterocycles. The van der Waals surface area contributed by atoms with E-state index in [0.717, 1.165) is 0 Å². The van der Waals surface area contributed by atoms with Gasteiger partial charge in [0.25, 0.3) is 0 Å². The second-order valence-corrected chi connectivity index (χ2v) is 5.97. The van der Waals surface area contributed by atoms with Crippen LogP contribution in [0.5, 0.6) is 0 Å². The first-order valence-electron chi connectivity index (χ1n) is 10.3. The van der Waals surface area contributed by atoms with Crippen molar-refractivity contribution in [1.82, 2.24) is 10.6 Å². The van der Waals surface area contributed by atoms with Crippen LogP contribution in [0, 0.1) is 0 Å².